The summed E-state index contributed by atoms with van der Waals surface area (Å²) in [5.74, 6) is 1.63. The van der Waals surface area contributed by atoms with Crippen LogP contribution in [0, 0.1) is 13.8 Å². The summed E-state index contributed by atoms with van der Waals surface area (Å²) in [5, 5.41) is 3.04. The molecule has 0 atom stereocenters. The standard InChI is InChI=1S/C22H30N2O3/c1-6-24(7-2)14-21(25)23-22-16(3)12-20(13-17(22)4)27-15-18-8-10-19(26-5)11-9-18/h8-13H,6-7,14-15H2,1-5H3,(H,23,25). The van der Waals surface area contributed by atoms with Gasteiger partial charge in [-0.2, -0.15) is 0 Å². The number of nitrogens with zero attached hydrogens (tertiary/aromatic N) is 1. The molecule has 146 valence electrons. The van der Waals surface area contributed by atoms with Crippen LogP contribution in [0.2, 0.25) is 0 Å². The van der Waals surface area contributed by atoms with Gasteiger partial charge in [0.05, 0.1) is 13.7 Å². The summed E-state index contributed by atoms with van der Waals surface area (Å²) < 4.78 is 11.1. The molecule has 2 rings (SSSR count). The number of aryl methyl sites for hydroxylation is 2. The summed E-state index contributed by atoms with van der Waals surface area (Å²) in [7, 11) is 1.65. The van der Waals surface area contributed by atoms with E-state index in [4.69, 9.17) is 9.47 Å². The maximum atomic E-state index is 12.3. The lowest BCUT2D eigenvalue weighted by Gasteiger charge is -2.19. The Labute approximate surface area is 162 Å². The number of benzene rings is 2. The molecule has 2 aromatic carbocycles. The van der Waals surface area contributed by atoms with Crippen molar-refractivity contribution in [2.24, 2.45) is 0 Å². The van der Waals surface area contributed by atoms with Crippen molar-refractivity contribution in [3.05, 3.63) is 53.1 Å². The van der Waals surface area contributed by atoms with E-state index >= 15 is 0 Å². The van der Waals surface area contributed by atoms with Gasteiger partial charge in [0, 0.05) is 5.69 Å². The van der Waals surface area contributed by atoms with E-state index in [-0.39, 0.29) is 5.91 Å². The maximum Gasteiger partial charge on any atom is 0.238 e. The molecule has 0 radical (unpaired) electrons. The van der Waals surface area contributed by atoms with Crippen LogP contribution in [0.1, 0.15) is 30.5 Å². The lowest BCUT2D eigenvalue weighted by Crippen LogP contribution is -2.33. The van der Waals surface area contributed by atoms with E-state index in [0.717, 1.165) is 47.0 Å². The predicted molar refractivity (Wildman–Crippen MR) is 110 cm³/mol. The fourth-order valence-corrected chi connectivity index (χ4v) is 2.92. The monoisotopic (exact) mass is 370 g/mol. The Hall–Kier alpha value is -2.53. The molecular weight excluding hydrogens is 340 g/mol. The minimum atomic E-state index is 0.0109. The molecule has 5 nitrogen and oxygen atoms in total. The van der Waals surface area contributed by atoms with Gasteiger partial charge in [-0.15, -0.1) is 0 Å². The van der Waals surface area contributed by atoms with E-state index in [2.05, 4.69) is 24.1 Å². The summed E-state index contributed by atoms with van der Waals surface area (Å²) >= 11 is 0. The van der Waals surface area contributed by atoms with Crippen LogP contribution in [-0.4, -0.2) is 37.6 Å². The SMILES string of the molecule is CCN(CC)CC(=O)Nc1c(C)cc(OCc2ccc(OC)cc2)cc1C. The normalized spacial score (nSPS) is 10.7. The van der Waals surface area contributed by atoms with Gasteiger partial charge in [0.1, 0.15) is 18.1 Å². The lowest BCUT2D eigenvalue weighted by molar-refractivity contribution is -0.117. The minimum Gasteiger partial charge on any atom is -0.497 e. The second kappa shape index (κ2) is 9.97. The lowest BCUT2D eigenvalue weighted by atomic mass is 10.1. The van der Waals surface area contributed by atoms with E-state index < -0.39 is 0 Å². The summed E-state index contributed by atoms with van der Waals surface area (Å²) in [5.41, 5.74) is 3.92. The molecule has 0 bridgehead atoms. The van der Waals surface area contributed by atoms with Crippen LogP contribution in [0.5, 0.6) is 11.5 Å². The number of anilines is 1. The number of ether oxygens (including phenoxy) is 2. The maximum absolute atomic E-state index is 12.3. The number of rotatable bonds is 9. The molecule has 0 aliphatic carbocycles. The molecular formula is C22H30N2O3. The quantitative estimate of drug-likeness (QED) is 0.720. The number of carbonyl (C=O) groups is 1. The number of amides is 1. The molecule has 1 amide bonds. The Morgan fingerprint density at radius 2 is 1.59 bits per heavy atom. The average molecular weight is 370 g/mol. The molecule has 0 saturated carbocycles. The molecule has 0 spiro atoms. The van der Waals surface area contributed by atoms with Crippen molar-refractivity contribution < 1.29 is 14.3 Å². The average Bonchev–Trinajstić information content (AvgIpc) is 2.67. The van der Waals surface area contributed by atoms with Crippen molar-refractivity contribution in [3.63, 3.8) is 0 Å². The smallest absolute Gasteiger partial charge is 0.238 e. The van der Waals surface area contributed by atoms with Crippen molar-refractivity contribution in [2.75, 3.05) is 32.1 Å². The number of hydrogen-bond donors (Lipinski definition) is 1. The van der Waals surface area contributed by atoms with E-state index in [9.17, 15) is 4.79 Å². The van der Waals surface area contributed by atoms with E-state index in [0.29, 0.717) is 13.2 Å². The van der Waals surface area contributed by atoms with E-state index in [1.165, 1.54) is 0 Å². The Morgan fingerprint density at radius 3 is 2.11 bits per heavy atom. The minimum absolute atomic E-state index is 0.0109. The molecule has 5 heteroatoms. The van der Waals surface area contributed by atoms with Gasteiger partial charge < -0.3 is 14.8 Å². The van der Waals surface area contributed by atoms with E-state index in [1.807, 2.05) is 50.2 Å². The highest BCUT2D eigenvalue weighted by Gasteiger charge is 2.12. The highest BCUT2D eigenvalue weighted by Crippen LogP contribution is 2.27. The zero-order valence-corrected chi connectivity index (χ0v) is 17.0. The van der Waals surface area contributed by atoms with Crippen LogP contribution in [0.25, 0.3) is 0 Å². The zero-order valence-electron chi connectivity index (χ0n) is 17.0. The van der Waals surface area contributed by atoms with Gasteiger partial charge in [-0.1, -0.05) is 26.0 Å². The first kappa shape index (κ1) is 20.8. The summed E-state index contributed by atoms with van der Waals surface area (Å²) in [4.78, 5) is 14.4. The van der Waals surface area contributed by atoms with Crippen LogP contribution >= 0.6 is 0 Å². The molecule has 27 heavy (non-hydrogen) atoms. The molecule has 0 aliphatic heterocycles. The molecule has 0 fully saturated rings. The van der Waals surface area contributed by atoms with Crippen LogP contribution in [0.15, 0.2) is 36.4 Å². The van der Waals surface area contributed by atoms with Crippen molar-refractivity contribution in [3.8, 4) is 11.5 Å². The first-order chi connectivity index (χ1) is 13.0. The Balaban J connectivity index is 2.01. The van der Waals surface area contributed by atoms with Gasteiger partial charge in [0.2, 0.25) is 5.91 Å². The molecule has 1 N–H and O–H groups in total. The topological polar surface area (TPSA) is 50.8 Å². The van der Waals surface area contributed by atoms with Gasteiger partial charge in [-0.25, -0.2) is 0 Å². The molecule has 0 aromatic heterocycles. The Bertz CT molecular complexity index is 730. The van der Waals surface area contributed by atoms with Gasteiger partial charge >= 0.3 is 0 Å². The second-order valence-electron chi connectivity index (χ2n) is 6.58. The molecule has 0 heterocycles. The highest BCUT2D eigenvalue weighted by molar-refractivity contribution is 5.93. The largest absolute Gasteiger partial charge is 0.497 e. The number of methoxy groups -OCH3 is 1. The summed E-state index contributed by atoms with van der Waals surface area (Å²) in [6, 6.07) is 11.7. The van der Waals surface area contributed by atoms with Gasteiger partial charge in [0.25, 0.3) is 0 Å². The third-order valence-corrected chi connectivity index (χ3v) is 4.60. The number of carbonyl (C=O) groups excluding carboxylic acids is 1. The van der Waals surface area contributed by atoms with Gasteiger partial charge in [-0.3, -0.25) is 9.69 Å². The van der Waals surface area contributed by atoms with Crippen LogP contribution in [-0.2, 0) is 11.4 Å². The fourth-order valence-electron chi connectivity index (χ4n) is 2.92. The summed E-state index contributed by atoms with van der Waals surface area (Å²) in [6.45, 7) is 10.7. The Kier molecular flexibility index (Phi) is 7.67. The van der Waals surface area contributed by atoms with Crippen molar-refractivity contribution >= 4 is 11.6 Å². The first-order valence-electron chi connectivity index (χ1n) is 9.36. The molecule has 2 aromatic rings. The van der Waals surface area contributed by atoms with Crippen LogP contribution < -0.4 is 14.8 Å². The number of likely N-dealkylation sites (N-methyl/N-ethyl adjacent to an activating group) is 1. The highest BCUT2D eigenvalue weighted by atomic mass is 16.5. The second-order valence-corrected chi connectivity index (χ2v) is 6.58. The van der Waals surface area contributed by atoms with Crippen LogP contribution in [0.4, 0.5) is 5.69 Å². The van der Waals surface area contributed by atoms with E-state index in [1.54, 1.807) is 7.11 Å². The van der Waals surface area contributed by atoms with Crippen LogP contribution in [0.3, 0.4) is 0 Å². The molecule has 0 aliphatic rings. The first-order valence-corrected chi connectivity index (χ1v) is 9.36. The van der Waals surface area contributed by atoms with Crippen molar-refractivity contribution in [2.45, 2.75) is 34.3 Å². The zero-order chi connectivity index (χ0) is 19.8. The third kappa shape index (κ3) is 6.00. The fraction of sp³-hybridized carbons (Fsp3) is 0.409. The number of nitrogens with one attached hydrogen (secondary N) is 1. The third-order valence-electron chi connectivity index (χ3n) is 4.60. The van der Waals surface area contributed by atoms with Gasteiger partial charge in [0.15, 0.2) is 0 Å². The Morgan fingerprint density at radius 1 is 1.00 bits per heavy atom. The summed E-state index contributed by atoms with van der Waals surface area (Å²) in [6.07, 6.45) is 0. The number of hydrogen-bond acceptors (Lipinski definition) is 4. The molecule has 0 saturated heterocycles. The van der Waals surface area contributed by atoms with Crippen molar-refractivity contribution in [1.29, 1.82) is 0 Å². The van der Waals surface area contributed by atoms with Crippen molar-refractivity contribution in [1.82, 2.24) is 4.90 Å². The predicted octanol–water partition coefficient (Wildman–Crippen LogP) is 4.17. The van der Waals surface area contributed by atoms with Gasteiger partial charge in [-0.05, 0) is 67.9 Å². The molecule has 0 unspecified atom stereocenters.